The molecule has 3 aromatic heterocycles. The normalized spacial score (nSPS) is 17.6. The van der Waals surface area contributed by atoms with Crippen molar-refractivity contribution in [3.8, 4) is 0 Å². The number of imidazole rings is 1. The van der Waals surface area contributed by atoms with Gasteiger partial charge in [0, 0.05) is 13.1 Å². The Morgan fingerprint density at radius 2 is 1.71 bits per heavy atom. The topological polar surface area (TPSA) is 105 Å². The summed E-state index contributed by atoms with van der Waals surface area (Å²) in [5, 5.41) is 11.7. The second-order valence-corrected chi connectivity index (χ2v) is 9.00. The van der Waals surface area contributed by atoms with Gasteiger partial charge in [-0.2, -0.15) is 0 Å². The van der Waals surface area contributed by atoms with Gasteiger partial charge in [0.05, 0.1) is 27.9 Å². The van der Waals surface area contributed by atoms with Crippen LogP contribution in [0.15, 0.2) is 60.3 Å². The smallest absolute Gasteiger partial charge is 0.301 e. The SMILES string of the molecule is CC(=O)c1sc(N2C(=O)C(=O)C(=C(O)c3c(C)nc4ccccn34)C2c2ccccc2)nc1C. The zero-order chi connectivity index (χ0) is 24.1. The molecule has 4 aromatic rings. The summed E-state index contributed by atoms with van der Waals surface area (Å²) >= 11 is 1.06. The summed E-state index contributed by atoms with van der Waals surface area (Å²) in [4.78, 5) is 49.3. The number of pyridine rings is 1. The van der Waals surface area contributed by atoms with Crippen molar-refractivity contribution in [2.24, 2.45) is 0 Å². The van der Waals surface area contributed by atoms with Crippen molar-refractivity contribution in [1.82, 2.24) is 14.4 Å². The number of fused-ring (bicyclic) bond motifs is 1. The Morgan fingerprint density at radius 3 is 2.38 bits per heavy atom. The van der Waals surface area contributed by atoms with E-state index in [4.69, 9.17) is 0 Å². The predicted octanol–water partition coefficient (Wildman–Crippen LogP) is 4.24. The standard InChI is InChI=1S/C25H20N4O4S/c1-13-19(28-12-8-7-11-17(28)26-13)21(31)18-20(16-9-5-4-6-10-16)29(24(33)22(18)32)25-27-14(2)23(34-25)15(3)30/h4-12,20,31H,1-3H3. The Bertz CT molecular complexity index is 1520. The van der Waals surface area contributed by atoms with Gasteiger partial charge in [-0.15, -0.1) is 0 Å². The molecule has 4 heterocycles. The summed E-state index contributed by atoms with van der Waals surface area (Å²) in [7, 11) is 0. The van der Waals surface area contributed by atoms with E-state index >= 15 is 0 Å². The molecule has 1 aliphatic rings. The second kappa shape index (κ2) is 8.03. The van der Waals surface area contributed by atoms with Gasteiger partial charge in [-0.05, 0) is 31.5 Å². The maximum Gasteiger partial charge on any atom is 0.301 e. The van der Waals surface area contributed by atoms with Crippen LogP contribution in [0.2, 0.25) is 0 Å². The van der Waals surface area contributed by atoms with Gasteiger partial charge < -0.3 is 5.11 Å². The molecule has 0 aliphatic carbocycles. The summed E-state index contributed by atoms with van der Waals surface area (Å²) in [6.07, 6.45) is 1.74. The minimum Gasteiger partial charge on any atom is -0.505 e. The van der Waals surface area contributed by atoms with Gasteiger partial charge in [0.2, 0.25) is 0 Å². The number of anilines is 1. The van der Waals surface area contributed by atoms with E-state index in [1.807, 2.05) is 12.1 Å². The molecule has 1 aromatic carbocycles. The van der Waals surface area contributed by atoms with E-state index in [0.29, 0.717) is 33.2 Å². The van der Waals surface area contributed by atoms with Crippen molar-refractivity contribution in [3.05, 3.63) is 87.8 Å². The highest BCUT2D eigenvalue weighted by Crippen LogP contribution is 2.44. The minimum atomic E-state index is -0.916. The van der Waals surface area contributed by atoms with Gasteiger partial charge in [0.1, 0.15) is 11.3 Å². The van der Waals surface area contributed by atoms with E-state index in [1.165, 1.54) is 11.8 Å². The number of aliphatic hydroxyl groups excluding tert-OH is 1. The summed E-state index contributed by atoms with van der Waals surface area (Å²) in [5.41, 5.74) is 2.53. The molecule has 1 aliphatic heterocycles. The number of carbonyl (C=O) groups excluding carboxylic acids is 3. The monoisotopic (exact) mass is 472 g/mol. The van der Waals surface area contributed by atoms with Gasteiger partial charge in [0.15, 0.2) is 16.7 Å². The van der Waals surface area contributed by atoms with Crippen LogP contribution < -0.4 is 4.90 Å². The number of nitrogens with zero attached hydrogens (tertiary/aromatic N) is 4. The Hall–Kier alpha value is -4.11. The Kier molecular flexibility index (Phi) is 5.13. The highest BCUT2D eigenvalue weighted by molar-refractivity contribution is 7.18. The number of Topliss-reactive ketones (excluding diaryl/α,β-unsaturated/α-hetero) is 2. The number of benzene rings is 1. The molecule has 1 amide bonds. The number of amides is 1. The number of hydrogen-bond donors (Lipinski definition) is 1. The molecular formula is C25H20N4O4S. The molecule has 1 saturated heterocycles. The average Bonchev–Trinajstić information content (AvgIpc) is 3.45. The van der Waals surface area contributed by atoms with Gasteiger partial charge >= 0.3 is 5.91 Å². The third kappa shape index (κ3) is 3.24. The molecule has 0 saturated carbocycles. The maximum absolute atomic E-state index is 13.4. The number of aryl methyl sites for hydroxylation is 2. The lowest BCUT2D eigenvalue weighted by Gasteiger charge is -2.23. The van der Waals surface area contributed by atoms with Crippen LogP contribution in [0.3, 0.4) is 0 Å². The first kappa shape index (κ1) is 21.7. The first-order valence-corrected chi connectivity index (χ1v) is 11.4. The Morgan fingerprint density at radius 1 is 1.00 bits per heavy atom. The summed E-state index contributed by atoms with van der Waals surface area (Å²) in [6.45, 7) is 4.85. The van der Waals surface area contributed by atoms with Gasteiger partial charge in [-0.3, -0.25) is 23.7 Å². The third-order valence-corrected chi connectivity index (χ3v) is 7.06. The third-order valence-electron chi connectivity index (χ3n) is 5.80. The zero-order valence-corrected chi connectivity index (χ0v) is 19.5. The number of hydrogen-bond acceptors (Lipinski definition) is 7. The molecule has 1 fully saturated rings. The van der Waals surface area contributed by atoms with Crippen LogP contribution in [0.5, 0.6) is 0 Å². The molecule has 1 atom stereocenters. The minimum absolute atomic E-state index is 0.0535. The van der Waals surface area contributed by atoms with Crippen LogP contribution in [0.1, 0.15) is 45.3 Å². The summed E-state index contributed by atoms with van der Waals surface area (Å²) in [5.74, 6) is -2.12. The number of aliphatic hydroxyl groups is 1. The second-order valence-electron chi connectivity index (χ2n) is 8.02. The first-order chi connectivity index (χ1) is 16.3. The predicted molar refractivity (Wildman–Crippen MR) is 128 cm³/mol. The highest BCUT2D eigenvalue weighted by atomic mass is 32.1. The van der Waals surface area contributed by atoms with E-state index in [-0.39, 0.29) is 22.2 Å². The van der Waals surface area contributed by atoms with Crippen LogP contribution >= 0.6 is 11.3 Å². The quantitative estimate of drug-likeness (QED) is 0.206. The van der Waals surface area contributed by atoms with E-state index in [9.17, 15) is 19.5 Å². The molecule has 0 spiro atoms. The largest absolute Gasteiger partial charge is 0.505 e. The molecular weight excluding hydrogens is 452 g/mol. The number of ketones is 2. The molecule has 170 valence electrons. The molecule has 34 heavy (non-hydrogen) atoms. The zero-order valence-electron chi connectivity index (χ0n) is 18.6. The van der Waals surface area contributed by atoms with Crippen molar-refractivity contribution in [2.75, 3.05) is 4.90 Å². The van der Waals surface area contributed by atoms with Crippen LogP contribution in [0.4, 0.5) is 5.13 Å². The fourth-order valence-electron chi connectivity index (χ4n) is 4.32. The van der Waals surface area contributed by atoms with Crippen LogP contribution in [-0.2, 0) is 9.59 Å². The number of carbonyl (C=O) groups is 3. The van der Waals surface area contributed by atoms with Crippen molar-refractivity contribution >= 4 is 45.3 Å². The molecule has 5 rings (SSSR count). The molecule has 9 heteroatoms. The van der Waals surface area contributed by atoms with E-state index in [0.717, 1.165) is 11.3 Å². The number of rotatable bonds is 4. The van der Waals surface area contributed by atoms with Crippen molar-refractivity contribution in [2.45, 2.75) is 26.8 Å². The highest BCUT2D eigenvalue weighted by Gasteiger charge is 2.48. The average molecular weight is 473 g/mol. The summed E-state index contributed by atoms with van der Waals surface area (Å²) < 4.78 is 1.68. The number of aromatic nitrogens is 3. The van der Waals surface area contributed by atoms with E-state index in [2.05, 4.69) is 9.97 Å². The molecule has 0 radical (unpaired) electrons. The Balaban J connectivity index is 1.77. The fourth-order valence-corrected chi connectivity index (χ4v) is 5.31. The van der Waals surface area contributed by atoms with Gasteiger partial charge in [-0.25, -0.2) is 9.97 Å². The molecule has 8 nitrogen and oxygen atoms in total. The fraction of sp³-hybridized carbons (Fsp3) is 0.160. The lowest BCUT2D eigenvalue weighted by molar-refractivity contribution is -0.132. The Labute approximate surface area is 198 Å². The lowest BCUT2D eigenvalue weighted by Crippen LogP contribution is -2.29. The van der Waals surface area contributed by atoms with Crippen molar-refractivity contribution < 1.29 is 19.5 Å². The van der Waals surface area contributed by atoms with Crippen LogP contribution in [0.25, 0.3) is 11.4 Å². The lowest BCUT2D eigenvalue weighted by atomic mass is 9.96. The first-order valence-electron chi connectivity index (χ1n) is 10.6. The van der Waals surface area contributed by atoms with Crippen LogP contribution in [-0.4, -0.2) is 36.9 Å². The maximum atomic E-state index is 13.4. The molecule has 1 unspecified atom stereocenters. The summed E-state index contributed by atoms with van der Waals surface area (Å²) in [6, 6.07) is 13.5. The molecule has 1 N–H and O–H groups in total. The van der Waals surface area contributed by atoms with Crippen LogP contribution in [0, 0.1) is 13.8 Å². The van der Waals surface area contributed by atoms with Crippen molar-refractivity contribution in [1.29, 1.82) is 0 Å². The van der Waals surface area contributed by atoms with E-state index < -0.39 is 17.7 Å². The van der Waals surface area contributed by atoms with Crippen molar-refractivity contribution in [3.63, 3.8) is 0 Å². The van der Waals surface area contributed by atoms with Gasteiger partial charge in [-0.1, -0.05) is 47.7 Å². The van der Waals surface area contributed by atoms with Gasteiger partial charge in [0.25, 0.3) is 5.78 Å². The molecule has 0 bridgehead atoms. The number of thiazole rings is 1. The van der Waals surface area contributed by atoms with E-state index in [1.54, 1.807) is 60.8 Å².